The lowest BCUT2D eigenvalue weighted by Gasteiger charge is -2.21. The van der Waals surface area contributed by atoms with Crippen LogP contribution in [0.25, 0.3) is 0 Å². The Morgan fingerprint density at radius 3 is 2.80 bits per heavy atom. The fraction of sp³-hybridized carbons (Fsp3) is 0.900. The summed E-state index contributed by atoms with van der Waals surface area (Å²) in [4.78, 5) is 4.43. The number of guanidine groups is 1. The van der Waals surface area contributed by atoms with Gasteiger partial charge in [0.1, 0.15) is 0 Å². The van der Waals surface area contributed by atoms with Gasteiger partial charge in [-0.05, 0) is 32.6 Å². The zero-order valence-electron chi connectivity index (χ0n) is 9.20. The van der Waals surface area contributed by atoms with E-state index in [-0.39, 0.29) is 6.04 Å². The number of rotatable bonds is 3. The maximum absolute atomic E-state index is 5.59. The van der Waals surface area contributed by atoms with E-state index in [1.54, 1.807) is 0 Å². The quantitative estimate of drug-likeness (QED) is 0.269. The van der Waals surface area contributed by atoms with E-state index in [1.165, 1.54) is 12.8 Å². The van der Waals surface area contributed by atoms with Gasteiger partial charge in [0.05, 0.1) is 18.2 Å². The molecule has 1 aliphatic carbocycles. The lowest BCUT2D eigenvalue weighted by Crippen LogP contribution is -2.49. The van der Waals surface area contributed by atoms with Crippen molar-refractivity contribution in [1.82, 2.24) is 10.7 Å². The average molecular weight is 212 g/mol. The highest BCUT2D eigenvalue weighted by atomic mass is 16.5. The highest BCUT2D eigenvalue weighted by molar-refractivity contribution is 5.79. The van der Waals surface area contributed by atoms with Crippen LogP contribution < -0.4 is 16.6 Å². The summed E-state index contributed by atoms with van der Waals surface area (Å²) in [6, 6.07) is 0.737. The van der Waals surface area contributed by atoms with Gasteiger partial charge in [0, 0.05) is 6.61 Å². The second-order valence-electron chi connectivity index (χ2n) is 4.34. The molecule has 0 bridgehead atoms. The maximum atomic E-state index is 5.59. The molecule has 1 saturated carbocycles. The monoisotopic (exact) mass is 212 g/mol. The van der Waals surface area contributed by atoms with E-state index in [4.69, 9.17) is 10.6 Å². The molecule has 86 valence electrons. The third kappa shape index (κ3) is 3.07. The third-order valence-electron chi connectivity index (χ3n) is 2.88. The molecule has 0 spiro atoms. The first kappa shape index (κ1) is 10.7. The Morgan fingerprint density at radius 2 is 2.27 bits per heavy atom. The van der Waals surface area contributed by atoms with Crippen molar-refractivity contribution >= 4 is 5.96 Å². The van der Waals surface area contributed by atoms with Crippen molar-refractivity contribution in [3.8, 4) is 0 Å². The largest absolute Gasteiger partial charge is 0.376 e. The molecule has 0 aromatic heterocycles. The molecule has 2 fully saturated rings. The highest BCUT2D eigenvalue weighted by Gasteiger charge is 2.25. The number of ether oxygens (including phenoxy) is 1. The van der Waals surface area contributed by atoms with Crippen molar-refractivity contribution in [2.24, 2.45) is 10.8 Å². The SMILES string of the molecule is CC(NC(=NC1CC1)NN)C1CCCO1. The zero-order chi connectivity index (χ0) is 10.7. The molecule has 2 unspecified atom stereocenters. The Hall–Kier alpha value is -0.810. The van der Waals surface area contributed by atoms with Crippen LogP contribution in [0.15, 0.2) is 4.99 Å². The first-order chi connectivity index (χ1) is 7.29. The fourth-order valence-corrected chi connectivity index (χ4v) is 1.81. The smallest absolute Gasteiger partial charge is 0.206 e. The van der Waals surface area contributed by atoms with Gasteiger partial charge in [-0.2, -0.15) is 0 Å². The Balaban J connectivity index is 1.82. The molecule has 0 aromatic rings. The molecule has 2 atom stereocenters. The van der Waals surface area contributed by atoms with Crippen LogP contribution in [0.1, 0.15) is 32.6 Å². The normalized spacial score (nSPS) is 28.9. The highest BCUT2D eigenvalue weighted by Crippen LogP contribution is 2.23. The van der Waals surface area contributed by atoms with Gasteiger partial charge in [0.2, 0.25) is 5.96 Å². The van der Waals surface area contributed by atoms with Gasteiger partial charge in [-0.25, -0.2) is 10.8 Å². The predicted molar refractivity (Wildman–Crippen MR) is 59.4 cm³/mol. The lowest BCUT2D eigenvalue weighted by molar-refractivity contribution is 0.0890. The minimum absolute atomic E-state index is 0.265. The molecule has 0 aromatic carbocycles. The van der Waals surface area contributed by atoms with Crippen molar-refractivity contribution in [2.45, 2.75) is 50.8 Å². The molecule has 1 heterocycles. The van der Waals surface area contributed by atoms with E-state index in [1.807, 2.05) is 0 Å². The Bertz CT molecular complexity index is 234. The summed E-state index contributed by atoms with van der Waals surface area (Å²) in [7, 11) is 0. The molecular weight excluding hydrogens is 192 g/mol. The van der Waals surface area contributed by atoms with Crippen molar-refractivity contribution in [1.29, 1.82) is 0 Å². The maximum Gasteiger partial charge on any atom is 0.206 e. The average Bonchev–Trinajstić information content (AvgIpc) is 2.88. The van der Waals surface area contributed by atoms with Gasteiger partial charge >= 0.3 is 0 Å². The molecule has 5 heteroatoms. The van der Waals surface area contributed by atoms with Gasteiger partial charge in [-0.15, -0.1) is 0 Å². The number of nitrogens with zero attached hydrogens (tertiary/aromatic N) is 1. The minimum atomic E-state index is 0.265. The van der Waals surface area contributed by atoms with E-state index in [2.05, 4.69) is 22.7 Å². The van der Waals surface area contributed by atoms with Crippen LogP contribution >= 0.6 is 0 Å². The van der Waals surface area contributed by atoms with Crippen LogP contribution in [-0.4, -0.2) is 30.8 Å². The van der Waals surface area contributed by atoms with Gasteiger partial charge in [0.15, 0.2) is 0 Å². The molecule has 5 nitrogen and oxygen atoms in total. The Labute approximate surface area is 90.4 Å². The summed E-state index contributed by atoms with van der Waals surface area (Å²) >= 11 is 0. The zero-order valence-corrected chi connectivity index (χ0v) is 9.20. The number of hydrogen-bond acceptors (Lipinski definition) is 3. The topological polar surface area (TPSA) is 71.7 Å². The summed E-state index contributed by atoms with van der Waals surface area (Å²) in [6.07, 6.45) is 4.93. The number of aliphatic imine (C=N–C) groups is 1. The van der Waals surface area contributed by atoms with Crippen molar-refractivity contribution in [3.63, 3.8) is 0 Å². The first-order valence-electron chi connectivity index (χ1n) is 5.72. The third-order valence-corrected chi connectivity index (χ3v) is 2.88. The first-order valence-corrected chi connectivity index (χ1v) is 5.72. The molecule has 1 aliphatic heterocycles. The van der Waals surface area contributed by atoms with Crippen molar-refractivity contribution in [2.75, 3.05) is 6.61 Å². The van der Waals surface area contributed by atoms with Crippen LogP contribution in [0.2, 0.25) is 0 Å². The predicted octanol–water partition coefficient (Wildman–Crippen LogP) is 0.125. The van der Waals surface area contributed by atoms with E-state index in [0.29, 0.717) is 18.1 Å². The second kappa shape index (κ2) is 4.81. The van der Waals surface area contributed by atoms with Crippen molar-refractivity contribution in [3.05, 3.63) is 0 Å². The number of nitrogens with two attached hydrogens (primary N) is 1. The number of hydrogen-bond donors (Lipinski definition) is 3. The minimum Gasteiger partial charge on any atom is -0.376 e. The van der Waals surface area contributed by atoms with Crippen molar-refractivity contribution < 1.29 is 4.74 Å². The summed E-state index contributed by atoms with van der Waals surface area (Å²) in [5.41, 5.74) is 2.61. The molecular formula is C10H20N4O. The molecule has 4 N–H and O–H groups in total. The summed E-state index contributed by atoms with van der Waals surface area (Å²) in [5.74, 6) is 6.11. The number of hydrazine groups is 1. The van der Waals surface area contributed by atoms with Crippen LogP contribution in [0.4, 0.5) is 0 Å². The van der Waals surface area contributed by atoms with Crippen LogP contribution in [-0.2, 0) is 4.74 Å². The molecule has 15 heavy (non-hydrogen) atoms. The standard InChI is InChI=1S/C10H20N4O/c1-7(9-3-2-6-15-9)12-10(14-11)13-8-4-5-8/h7-9H,2-6,11H2,1H3,(H2,12,13,14). The molecule has 0 radical (unpaired) electrons. The van der Waals surface area contributed by atoms with E-state index in [0.717, 1.165) is 19.4 Å². The van der Waals surface area contributed by atoms with E-state index in [9.17, 15) is 0 Å². The van der Waals surface area contributed by atoms with Gasteiger partial charge in [0.25, 0.3) is 0 Å². The molecule has 2 aliphatic rings. The number of nitrogens with one attached hydrogen (secondary N) is 2. The fourth-order valence-electron chi connectivity index (χ4n) is 1.81. The van der Waals surface area contributed by atoms with Gasteiger partial charge in [-0.1, -0.05) is 0 Å². The van der Waals surface area contributed by atoms with Crippen LogP contribution in [0.5, 0.6) is 0 Å². The summed E-state index contributed by atoms with van der Waals surface area (Å²) in [6.45, 7) is 2.98. The van der Waals surface area contributed by atoms with E-state index < -0.39 is 0 Å². The summed E-state index contributed by atoms with van der Waals surface area (Å²) in [5, 5.41) is 3.27. The molecule has 0 amide bonds. The van der Waals surface area contributed by atoms with Crippen LogP contribution in [0.3, 0.4) is 0 Å². The molecule has 1 saturated heterocycles. The Morgan fingerprint density at radius 1 is 1.47 bits per heavy atom. The van der Waals surface area contributed by atoms with Gasteiger partial charge < -0.3 is 10.1 Å². The molecule has 2 rings (SSSR count). The second-order valence-corrected chi connectivity index (χ2v) is 4.34. The van der Waals surface area contributed by atoms with E-state index >= 15 is 0 Å². The lowest BCUT2D eigenvalue weighted by atomic mass is 10.1. The van der Waals surface area contributed by atoms with Gasteiger partial charge in [-0.3, -0.25) is 5.43 Å². The summed E-state index contributed by atoms with van der Waals surface area (Å²) < 4.78 is 5.59. The Kier molecular flexibility index (Phi) is 3.43. The van der Waals surface area contributed by atoms with Crippen LogP contribution in [0, 0.1) is 0 Å².